The number of hydrogen-bond acceptors (Lipinski definition) is 3. The second kappa shape index (κ2) is 8.97. The first kappa shape index (κ1) is 20.5. The number of carbonyl (C=O) groups excluding carboxylic acids is 1. The van der Waals surface area contributed by atoms with Gasteiger partial charge in [0, 0.05) is 23.8 Å². The van der Waals surface area contributed by atoms with E-state index < -0.39 is 0 Å². The third kappa shape index (κ3) is 4.54. The van der Waals surface area contributed by atoms with E-state index in [-0.39, 0.29) is 17.4 Å². The standard InChI is InChI=1S/C25H26ClN3O/c1-25(20-9-5-10-21(26)17-20)14-12-22(13-15-25)29(18-19-7-3-2-4-8-19)24(30)23-11-6-16-27-28-23/h2-11,16-17,22H,12-15,18H2,1H3. The summed E-state index contributed by atoms with van der Waals surface area (Å²) in [6, 6.07) is 22.0. The van der Waals surface area contributed by atoms with Crippen LogP contribution in [0.4, 0.5) is 0 Å². The van der Waals surface area contributed by atoms with Crippen molar-refractivity contribution in [1.29, 1.82) is 0 Å². The quantitative estimate of drug-likeness (QED) is 0.535. The highest BCUT2D eigenvalue weighted by Crippen LogP contribution is 2.41. The molecule has 154 valence electrons. The van der Waals surface area contributed by atoms with Crippen LogP contribution in [0.25, 0.3) is 0 Å². The minimum Gasteiger partial charge on any atom is -0.330 e. The molecule has 0 bridgehead atoms. The van der Waals surface area contributed by atoms with Crippen LogP contribution in [0, 0.1) is 0 Å². The Morgan fingerprint density at radius 3 is 2.50 bits per heavy atom. The second-order valence-corrected chi connectivity index (χ2v) is 8.77. The molecule has 5 heteroatoms. The number of amides is 1. The lowest BCUT2D eigenvalue weighted by Gasteiger charge is -2.42. The average molecular weight is 420 g/mol. The molecule has 1 saturated carbocycles. The molecule has 0 saturated heterocycles. The van der Waals surface area contributed by atoms with Gasteiger partial charge >= 0.3 is 0 Å². The van der Waals surface area contributed by atoms with Gasteiger partial charge in [-0.1, -0.05) is 61.0 Å². The molecular weight excluding hydrogens is 394 g/mol. The fraction of sp³-hybridized carbons (Fsp3) is 0.320. The third-order valence-corrected chi connectivity index (χ3v) is 6.50. The Morgan fingerprint density at radius 1 is 1.07 bits per heavy atom. The van der Waals surface area contributed by atoms with Crippen molar-refractivity contribution in [1.82, 2.24) is 15.1 Å². The van der Waals surface area contributed by atoms with Gasteiger partial charge < -0.3 is 4.90 Å². The smallest absolute Gasteiger partial charge is 0.274 e. The maximum absolute atomic E-state index is 13.3. The zero-order valence-electron chi connectivity index (χ0n) is 17.2. The first-order chi connectivity index (χ1) is 14.5. The predicted molar refractivity (Wildman–Crippen MR) is 119 cm³/mol. The highest BCUT2D eigenvalue weighted by molar-refractivity contribution is 6.30. The third-order valence-electron chi connectivity index (χ3n) is 6.27. The summed E-state index contributed by atoms with van der Waals surface area (Å²) in [6.45, 7) is 2.88. The van der Waals surface area contributed by atoms with Crippen LogP contribution in [0.3, 0.4) is 0 Å². The van der Waals surface area contributed by atoms with Crippen molar-refractivity contribution in [2.24, 2.45) is 0 Å². The van der Waals surface area contributed by atoms with Gasteiger partial charge in [-0.05, 0) is 66.5 Å². The van der Waals surface area contributed by atoms with Crippen molar-refractivity contribution in [2.75, 3.05) is 0 Å². The molecule has 0 atom stereocenters. The van der Waals surface area contributed by atoms with Gasteiger partial charge in [-0.25, -0.2) is 0 Å². The van der Waals surface area contributed by atoms with Crippen LogP contribution >= 0.6 is 11.6 Å². The molecule has 1 heterocycles. The van der Waals surface area contributed by atoms with Crippen molar-refractivity contribution in [3.63, 3.8) is 0 Å². The van der Waals surface area contributed by atoms with Crippen LogP contribution in [0.1, 0.15) is 54.2 Å². The SMILES string of the molecule is CC1(c2cccc(Cl)c2)CCC(N(Cc2ccccc2)C(=O)c2cccnn2)CC1. The summed E-state index contributed by atoms with van der Waals surface area (Å²) in [4.78, 5) is 15.3. The van der Waals surface area contributed by atoms with E-state index in [4.69, 9.17) is 11.6 Å². The summed E-state index contributed by atoms with van der Waals surface area (Å²) in [6.07, 6.45) is 5.51. The Hall–Kier alpha value is -2.72. The van der Waals surface area contributed by atoms with E-state index in [0.717, 1.165) is 36.3 Å². The Kier molecular flexibility index (Phi) is 6.14. The first-order valence-corrected chi connectivity index (χ1v) is 10.8. The highest BCUT2D eigenvalue weighted by Gasteiger charge is 2.36. The van der Waals surface area contributed by atoms with Crippen LogP contribution in [-0.4, -0.2) is 27.0 Å². The van der Waals surface area contributed by atoms with Crippen LogP contribution < -0.4 is 0 Å². The lowest BCUT2D eigenvalue weighted by molar-refractivity contribution is 0.0569. The van der Waals surface area contributed by atoms with Gasteiger partial charge in [0.2, 0.25) is 0 Å². The van der Waals surface area contributed by atoms with Gasteiger partial charge in [0.1, 0.15) is 0 Å². The molecule has 0 aliphatic heterocycles. The molecule has 30 heavy (non-hydrogen) atoms. The number of aromatic nitrogens is 2. The molecular formula is C25H26ClN3O. The van der Waals surface area contributed by atoms with Gasteiger partial charge in [0.15, 0.2) is 5.69 Å². The zero-order valence-corrected chi connectivity index (χ0v) is 17.9. The molecule has 0 N–H and O–H groups in total. The van der Waals surface area contributed by atoms with Crippen molar-refractivity contribution in [2.45, 2.75) is 50.6 Å². The van der Waals surface area contributed by atoms with Gasteiger partial charge in [0.05, 0.1) is 0 Å². The van der Waals surface area contributed by atoms with E-state index in [0.29, 0.717) is 12.2 Å². The Morgan fingerprint density at radius 2 is 1.83 bits per heavy atom. The summed E-state index contributed by atoms with van der Waals surface area (Å²) >= 11 is 6.24. The second-order valence-electron chi connectivity index (χ2n) is 8.33. The molecule has 1 aliphatic carbocycles. The molecule has 0 unspecified atom stereocenters. The lowest BCUT2D eigenvalue weighted by atomic mass is 9.69. The summed E-state index contributed by atoms with van der Waals surface area (Å²) < 4.78 is 0. The number of halogens is 1. The molecule has 1 amide bonds. The number of benzene rings is 2. The highest BCUT2D eigenvalue weighted by atomic mass is 35.5. The molecule has 4 nitrogen and oxygen atoms in total. The van der Waals surface area contributed by atoms with Crippen molar-refractivity contribution in [3.05, 3.63) is 94.8 Å². The molecule has 0 spiro atoms. The van der Waals surface area contributed by atoms with Gasteiger partial charge in [-0.3, -0.25) is 4.79 Å². The van der Waals surface area contributed by atoms with E-state index in [1.807, 2.05) is 35.2 Å². The van der Waals surface area contributed by atoms with E-state index in [9.17, 15) is 4.79 Å². The fourth-order valence-electron chi connectivity index (χ4n) is 4.41. The van der Waals surface area contributed by atoms with E-state index in [1.54, 1.807) is 18.3 Å². The topological polar surface area (TPSA) is 46.1 Å². The predicted octanol–water partition coefficient (Wildman–Crippen LogP) is 5.67. The molecule has 2 aromatic carbocycles. The molecule has 1 aromatic heterocycles. The summed E-state index contributed by atoms with van der Waals surface area (Å²) in [7, 11) is 0. The van der Waals surface area contributed by atoms with E-state index in [2.05, 4.69) is 41.4 Å². The van der Waals surface area contributed by atoms with Crippen LogP contribution in [0.15, 0.2) is 72.9 Å². The zero-order chi connectivity index (χ0) is 21.0. The molecule has 3 aromatic rings. The number of carbonyl (C=O) groups is 1. The van der Waals surface area contributed by atoms with Crippen LogP contribution in [-0.2, 0) is 12.0 Å². The minimum atomic E-state index is -0.0525. The average Bonchev–Trinajstić information content (AvgIpc) is 2.79. The summed E-state index contributed by atoms with van der Waals surface area (Å²) in [5, 5.41) is 8.74. The minimum absolute atomic E-state index is 0.0525. The summed E-state index contributed by atoms with van der Waals surface area (Å²) in [5.41, 5.74) is 2.88. The maximum atomic E-state index is 13.3. The number of rotatable bonds is 5. The van der Waals surface area contributed by atoms with Crippen molar-refractivity contribution < 1.29 is 4.79 Å². The molecule has 1 fully saturated rings. The largest absolute Gasteiger partial charge is 0.330 e. The van der Waals surface area contributed by atoms with Gasteiger partial charge in [-0.2, -0.15) is 5.10 Å². The van der Waals surface area contributed by atoms with Crippen molar-refractivity contribution >= 4 is 17.5 Å². The van der Waals surface area contributed by atoms with Crippen LogP contribution in [0.2, 0.25) is 5.02 Å². The Labute approximate surface area is 182 Å². The van der Waals surface area contributed by atoms with Gasteiger partial charge in [-0.15, -0.1) is 5.10 Å². The normalized spacial score (nSPS) is 21.2. The fourth-order valence-corrected chi connectivity index (χ4v) is 4.60. The Balaban J connectivity index is 1.55. The number of nitrogens with zero attached hydrogens (tertiary/aromatic N) is 3. The Bertz CT molecular complexity index is 986. The molecule has 0 radical (unpaired) electrons. The maximum Gasteiger partial charge on any atom is 0.274 e. The first-order valence-electron chi connectivity index (χ1n) is 10.4. The monoisotopic (exact) mass is 419 g/mol. The lowest BCUT2D eigenvalue weighted by Crippen LogP contribution is -2.44. The van der Waals surface area contributed by atoms with E-state index in [1.165, 1.54) is 5.56 Å². The van der Waals surface area contributed by atoms with Crippen LogP contribution in [0.5, 0.6) is 0 Å². The van der Waals surface area contributed by atoms with E-state index >= 15 is 0 Å². The molecule has 4 rings (SSSR count). The molecule has 1 aliphatic rings. The summed E-state index contributed by atoms with van der Waals surface area (Å²) in [5.74, 6) is -0.0525. The van der Waals surface area contributed by atoms with Crippen molar-refractivity contribution in [3.8, 4) is 0 Å². The van der Waals surface area contributed by atoms with Gasteiger partial charge in [0.25, 0.3) is 5.91 Å². The number of hydrogen-bond donors (Lipinski definition) is 0.